The molecule has 2 aromatic rings. The summed E-state index contributed by atoms with van der Waals surface area (Å²) in [6.07, 6.45) is 2.48. The molecular weight excluding hydrogens is 369 g/mol. The van der Waals surface area contributed by atoms with Crippen LogP contribution >= 0.6 is 22.6 Å². The number of hydrogen-bond acceptors (Lipinski definition) is 4. The zero-order chi connectivity index (χ0) is 13.9. The maximum Gasteiger partial charge on any atom is 0.264 e. The SMILES string of the molecule is O=C1c2cc(I)ccc2N2C(=O)c3cnccc3NC12. The van der Waals surface area contributed by atoms with Crippen LogP contribution in [0.2, 0.25) is 0 Å². The van der Waals surface area contributed by atoms with Crippen molar-refractivity contribution < 1.29 is 9.59 Å². The minimum atomic E-state index is -0.648. The van der Waals surface area contributed by atoms with Gasteiger partial charge >= 0.3 is 0 Å². The van der Waals surface area contributed by atoms with E-state index in [9.17, 15) is 9.59 Å². The van der Waals surface area contributed by atoms with Crippen LogP contribution in [0.15, 0.2) is 36.7 Å². The van der Waals surface area contributed by atoms with Gasteiger partial charge in [-0.25, -0.2) is 0 Å². The van der Waals surface area contributed by atoms with Crippen LogP contribution < -0.4 is 10.2 Å². The van der Waals surface area contributed by atoms with Crippen molar-refractivity contribution in [2.75, 3.05) is 10.2 Å². The number of fused-ring (bicyclic) bond motifs is 4. The highest BCUT2D eigenvalue weighted by atomic mass is 127. The fraction of sp³-hybridized carbons (Fsp3) is 0.0714. The number of aromatic nitrogens is 1. The number of nitrogens with zero attached hydrogens (tertiary/aromatic N) is 2. The van der Waals surface area contributed by atoms with E-state index in [2.05, 4.69) is 32.9 Å². The number of carbonyl (C=O) groups is 2. The number of carbonyl (C=O) groups excluding carboxylic acids is 2. The second kappa shape index (κ2) is 4.02. The van der Waals surface area contributed by atoms with E-state index in [1.165, 1.54) is 11.1 Å². The van der Waals surface area contributed by atoms with E-state index in [0.29, 0.717) is 22.5 Å². The van der Waals surface area contributed by atoms with Gasteiger partial charge in [0.2, 0.25) is 5.78 Å². The molecule has 1 atom stereocenters. The topological polar surface area (TPSA) is 62.3 Å². The Morgan fingerprint density at radius 3 is 2.90 bits per heavy atom. The zero-order valence-corrected chi connectivity index (χ0v) is 12.3. The molecule has 98 valence electrons. The molecule has 1 aromatic carbocycles. The average Bonchev–Trinajstić information content (AvgIpc) is 2.73. The molecule has 0 spiro atoms. The Morgan fingerprint density at radius 2 is 2.05 bits per heavy atom. The smallest absolute Gasteiger partial charge is 0.264 e. The molecule has 0 saturated heterocycles. The summed E-state index contributed by atoms with van der Waals surface area (Å²) in [5.74, 6) is -0.264. The average molecular weight is 377 g/mol. The van der Waals surface area contributed by atoms with Crippen molar-refractivity contribution in [2.24, 2.45) is 0 Å². The summed E-state index contributed by atoms with van der Waals surface area (Å²) in [7, 11) is 0. The third-order valence-corrected chi connectivity index (χ3v) is 4.22. The van der Waals surface area contributed by atoms with Crippen LogP contribution in [-0.2, 0) is 0 Å². The lowest BCUT2D eigenvalue weighted by Gasteiger charge is -2.31. The second-order valence-corrected chi connectivity index (χ2v) is 5.91. The molecular formula is C14H8IN3O2. The van der Waals surface area contributed by atoms with Gasteiger partial charge in [-0.1, -0.05) is 0 Å². The van der Waals surface area contributed by atoms with Gasteiger partial charge in [-0.05, 0) is 46.9 Å². The molecule has 1 amide bonds. The zero-order valence-electron chi connectivity index (χ0n) is 10.1. The summed E-state index contributed by atoms with van der Waals surface area (Å²) in [5, 5.41) is 3.12. The van der Waals surface area contributed by atoms with Crippen molar-refractivity contribution in [1.29, 1.82) is 0 Å². The highest BCUT2D eigenvalue weighted by Crippen LogP contribution is 2.38. The number of benzene rings is 1. The van der Waals surface area contributed by atoms with Gasteiger partial charge in [-0.3, -0.25) is 19.5 Å². The number of anilines is 2. The maximum absolute atomic E-state index is 12.6. The summed E-state index contributed by atoms with van der Waals surface area (Å²) in [6.45, 7) is 0. The Labute approximate surface area is 128 Å². The first-order valence-electron chi connectivity index (χ1n) is 6.05. The van der Waals surface area contributed by atoms with E-state index < -0.39 is 6.17 Å². The van der Waals surface area contributed by atoms with E-state index in [0.717, 1.165) is 3.57 Å². The Balaban J connectivity index is 1.92. The molecule has 0 saturated carbocycles. The Morgan fingerprint density at radius 1 is 1.20 bits per heavy atom. The van der Waals surface area contributed by atoms with E-state index in [-0.39, 0.29) is 11.7 Å². The van der Waals surface area contributed by atoms with Gasteiger partial charge in [-0.15, -0.1) is 0 Å². The van der Waals surface area contributed by atoms with Crippen molar-refractivity contribution in [3.05, 3.63) is 51.4 Å². The Kier molecular flexibility index (Phi) is 2.38. The van der Waals surface area contributed by atoms with Crippen molar-refractivity contribution in [3.8, 4) is 0 Å². The van der Waals surface area contributed by atoms with Crippen molar-refractivity contribution >= 4 is 45.7 Å². The van der Waals surface area contributed by atoms with E-state index >= 15 is 0 Å². The van der Waals surface area contributed by atoms with Crippen LogP contribution in [-0.4, -0.2) is 22.8 Å². The molecule has 1 aromatic heterocycles. The van der Waals surface area contributed by atoms with Gasteiger partial charge < -0.3 is 5.32 Å². The first-order valence-corrected chi connectivity index (χ1v) is 7.12. The summed E-state index contributed by atoms with van der Waals surface area (Å²) in [6, 6.07) is 7.23. The maximum atomic E-state index is 12.6. The van der Waals surface area contributed by atoms with Crippen molar-refractivity contribution in [3.63, 3.8) is 0 Å². The quantitative estimate of drug-likeness (QED) is 0.716. The van der Waals surface area contributed by atoms with Crippen molar-refractivity contribution in [1.82, 2.24) is 4.98 Å². The van der Waals surface area contributed by atoms with Gasteiger partial charge in [-0.2, -0.15) is 0 Å². The largest absolute Gasteiger partial charge is 0.358 e. The number of hydrogen-bond donors (Lipinski definition) is 1. The highest BCUT2D eigenvalue weighted by molar-refractivity contribution is 14.1. The fourth-order valence-corrected chi connectivity index (χ4v) is 3.14. The first-order chi connectivity index (χ1) is 9.66. The molecule has 5 nitrogen and oxygen atoms in total. The van der Waals surface area contributed by atoms with Crippen LogP contribution in [0, 0.1) is 3.57 Å². The first kappa shape index (κ1) is 11.8. The monoisotopic (exact) mass is 377 g/mol. The molecule has 2 aliphatic heterocycles. The minimum Gasteiger partial charge on any atom is -0.358 e. The highest BCUT2D eigenvalue weighted by Gasteiger charge is 2.44. The fourth-order valence-electron chi connectivity index (χ4n) is 2.64. The van der Waals surface area contributed by atoms with Crippen LogP contribution in [0.1, 0.15) is 20.7 Å². The number of pyridine rings is 1. The summed E-state index contributed by atoms with van der Waals surface area (Å²) < 4.78 is 0.973. The molecule has 1 unspecified atom stereocenters. The molecule has 0 bridgehead atoms. The predicted molar refractivity (Wildman–Crippen MR) is 81.9 cm³/mol. The standard InChI is InChI=1S/C14H8IN3O2/c15-7-1-2-11-8(5-7)12(19)13-17-10-3-4-16-6-9(10)14(20)18(11)13/h1-6,13,17H. The van der Waals surface area contributed by atoms with E-state index in [1.807, 2.05) is 18.2 Å². The number of rotatable bonds is 0. The molecule has 20 heavy (non-hydrogen) atoms. The third kappa shape index (κ3) is 1.45. The van der Waals surface area contributed by atoms with Gasteiger partial charge in [0, 0.05) is 21.5 Å². The number of amides is 1. The van der Waals surface area contributed by atoms with Gasteiger partial charge in [0.1, 0.15) is 0 Å². The Bertz CT molecular complexity index is 775. The lowest BCUT2D eigenvalue weighted by Crippen LogP contribution is -2.49. The van der Waals surface area contributed by atoms with Gasteiger partial charge in [0.25, 0.3) is 5.91 Å². The molecule has 0 radical (unpaired) electrons. The van der Waals surface area contributed by atoms with Gasteiger partial charge in [0.05, 0.1) is 16.9 Å². The molecule has 4 rings (SSSR count). The lowest BCUT2D eigenvalue weighted by atomic mass is 10.1. The normalized spacial score (nSPS) is 19.2. The number of ketones is 1. The Hall–Kier alpha value is -1.96. The number of nitrogens with one attached hydrogen (secondary N) is 1. The summed E-state index contributed by atoms with van der Waals surface area (Å²) in [5.41, 5.74) is 2.39. The lowest BCUT2D eigenvalue weighted by molar-refractivity contribution is 0.0917. The minimum absolute atomic E-state index is 0.0747. The molecule has 6 heteroatoms. The van der Waals surface area contributed by atoms with Crippen LogP contribution in [0.5, 0.6) is 0 Å². The molecule has 0 fully saturated rings. The summed E-state index contributed by atoms with van der Waals surface area (Å²) >= 11 is 2.16. The van der Waals surface area contributed by atoms with Crippen LogP contribution in [0.25, 0.3) is 0 Å². The van der Waals surface area contributed by atoms with Gasteiger partial charge in [0.15, 0.2) is 6.17 Å². The predicted octanol–water partition coefficient (Wildman–Crippen LogP) is 2.28. The molecule has 3 heterocycles. The molecule has 0 aliphatic carbocycles. The van der Waals surface area contributed by atoms with Crippen molar-refractivity contribution in [2.45, 2.75) is 6.17 Å². The van der Waals surface area contributed by atoms with Crippen LogP contribution in [0.4, 0.5) is 11.4 Å². The third-order valence-electron chi connectivity index (χ3n) is 3.55. The van der Waals surface area contributed by atoms with E-state index in [1.54, 1.807) is 12.3 Å². The molecule has 1 N–H and O–H groups in total. The van der Waals surface area contributed by atoms with Crippen LogP contribution in [0.3, 0.4) is 0 Å². The van der Waals surface area contributed by atoms with E-state index in [4.69, 9.17) is 0 Å². The molecule has 2 aliphatic rings. The number of Topliss-reactive ketones (excluding diaryl/α,β-unsaturated/α-hetero) is 1. The number of halogens is 1. The second-order valence-electron chi connectivity index (χ2n) is 4.67. The summed E-state index contributed by atoms with van der Waals surface area (Å²) in [4.78, 5) is 30.5.